The molecule has 116 valence electrons. The summed E-state index contributed by atoms with van der Waals surface area (Å²) in [6.45, 7) is 6.41. The molecular formula is C18H22N2O2. The maximum atomic E-state index is 12.4. The SMILES string of the molecule is Cc1ccc(-c2nn(CC3CCOCC3)cc(C)c2=O)cc1. The molecule has 1 aliphatic heterocycles. The van der Waals surface area contributed by atoms with Crippen molar-refractivity contribution in [3.63, 3.8) is 0 Å². The predicted molar refractivity (Wildman–Crippen MR) is 87.0 cm³/mol. The van der Waals surface area contributed by atoms with Gasteiger partial charge in [-0.25, -0.2) is 0 Å². The largest absolute Gasteiger partial charge is 0.381 e. The van der Waals surface area contributed by atoms with Crippen LogP contribution in [0.1, 0.15) is 24.0 Å². The number of nitrogens with zero attached hydrogens (tertiary/aromatic N) is 2. The quantitative estimate of drug-likeness (QED) is 0.875. The fraction of sp³-hybridized carbons (Fsp3) is 0.444. The van der Waals surface area contributed by atoms with Crippen LogP contribution in [-0.2, 0) is 11.3 Å². The first kappa shape index (κ1) is 15.0. The van der Waals surface area contributed by atoms with Gasteiger partial charge < -0.3 is 4.74 Å². The van der Waals surface area contributed by atoms with Gasteiger partial charge in [-0.2, -0.15) is 5.10 Å². The highest BCUT2D eigenvalue weighted by Gasteiger charge is 2.16. The summed E-state index contributed by atoms with van der Waals surface area (Å²) >= 11 is 0. The first-order chi connectivity index (χ1) is 10.6. The van der Waals surface area contributed by atoms with Gasteiger partial charge in [0.25, 0.3) is 0 Å². The zero-order chi connectivity index (χ0) is 15.5. The van der Waals surface area contributed by atoms with Crippen LogP contribution in [0.25, 0.3) is 11.3 Å². The fourth-order valence-electron chi connectivity index (χ4n) is 2.86. The fourth-order valence-corrected chi connectivity index (χ4v) is 2.86. The minimum atomic E-state index is 0.0204. The summed E-state index contributed by atoms with van der Waals surface area (Å²) in [5, 5.41) is 4.59. The molecule has 0 unspecified atom stereocenters. The summed E-state index contributed by atoms with van der Waals surface area (Å²) in [7, 11) is 0. The molecule has 3 rings (SSSR count). The molecule has 2 heterocycles. The molecule has 0 aliphatic carbocycles. The van der Waals surface area contributed by atoms with E-state index in [9.17, 15) is 4.79 Å². The number of hydrogen-bond acceptors (Lipinski definition) is 3. The Morgan fingerprint density at radius 1 is 1.18 bits per heavy atom. The number of aromatic nitrogens is 2. The Morgan fingerprint density at radius 2 is 1.86 bits per heavy atom. The molecule has 1 aromatic carbocycles. The Kier molecular flexibility index (Phi) is 4.39. The topological polar surface area (TPSA) is 44.1 Å². The highest BCUT2D eigenvalue weighted by atomic mass is 16.5. The van der Waals surface area contributed by atoms with Gasteiger partial charge in [-0.15, -0.1) is 0 Å². The third kappa shape index (κ3) is 3.28. The summed E-state index contributed by atoms with van der Waals surface area (Å²) in [6, 6.07) is 7.97. The average molecular weight is 298 g/mol. The van der Waals surface area contributed by atoms with Crippen molar-refractivity contribution in [2.75, 3.05) is 13.2 Å². The summed E-state index contributed by atoms with van der Waals surface area (Å²) in [4.78, 5) is 12.4. The zero-order valence-corrected chi connectivity index (χ0v) is 13.2. The van der Waals surface area contributed by atoms with Crippen molar-refractivity contribution in [2.45, 2.75) is 33.2 Å². The maximum Gasteiger partial charge on any atom is 0.211 e. The van der Waals surface area contributed by atoms with E-state index in [4.69, 9.17) is 4.74 Å². The second-order valence-corrected chi connectivity index (χ2v) is 6.13. The van der Waals surface area contributed by atoms with Crippen molar-refractivity contribution in [2.24, 2.45) is 5.92 Å². The minimum Gasteiger partial charge on any atom is -0.381 e. The first-order valence-corrected chi connectivity index (χ1v) is 7.86. The second kappa shape index (κ2) is 6.44. The van der Waals surface area contributed by atoms with E-state index in [-0.39, 0.29) is 5.43 Å². The van der Waals surface area contributed by atoms with Gasteiger partial charge in [0.2, 0.25) is 5.43 Å². The molecule has 2 aromatic rings. The number of aryl methyl sites for hydroxylation is 2. The van der Waals surface area contributed by atoms with Crippen molar-refractivity contribution in [1.82, 2.24) is 9.78 Å². The van der Waals surface area contributed by atoms with Gasteiger partial charge in [0, 0.05) is 37.1 Å². The number of hydrogen-bond donors (Lipinski definition) is 0. The molecule has 22 heavy (non-hydrogen) atoms. The van der Waals surface area contributed by atoms with Crippen molar-refractivity contribution >= 4 is 0 Å². The van der Waals surface area contributed by atoms with Gasteiger partial charge in [0.1, 0.15) is 5.69 Å². The lowest BCUT2D eigenvalue weighted by molar-refractivity contribution is 0.0600. The molecule has 1 aliphatic rings. The van der Waals surface area contributed by atoms with Crippen molar-refractivity contribution in [3.8, 4) is 11.3 Å². The van der Waals surface area contributed by atoms with Gasteiger partial charge in [0.15, 0.2) is 0 Å². The van der Waals surface area contributed by atoms with E-state index in [1.54, 1.807) is 0 Å². The molecule has 0 spiro atoms. The standard InChI is InChI=1S/C18H22N2O2/c1-13-3-5-16(6-4-13)17-18(21)14(2)11-20(19-17)12-15-7-9-22-10-8-15/h3-6,11,15H,7-10,12H2,1-2H3. The smallest absolute Gasteiger partial charge is 0.211 e. The third-order valence-corrected chi connectivity index (χ3v) is 4.26. The molecule has 0 bridgehead atoms. The summed E-state index contributed by atoms with van der Waals surface area (Å²) in [5.41, 5.74) is 3.38. The van der Waals surface area contributed by atoms with Crippen LogP contribution in [0.15, 0.2) is 35.3 Å². The maximum absolute atomic E-state index is 12.4. The van der Waals surface area contributed by atoms with Crippen molar-refractivity contribution in [1.29, 1.82) is 0 Å². The van der Waals surface area contributed by atoms with Crippen LogP contribution in [0.4, 0.5) is 0 Å². The molecule has 0 atom stereocenters. The highest BCUT2D eigenvalue weighted by molar-refractivity contribution is 5.59. The van der Waals surface area contributed by atoms with E-state index in [0.29, 0.717) is 11.6 Å². The Morgan fingerprint density at radius 3 is 2.55 bits per heavy atom. The first-order valence-electron chi connectivity index (χ1n) is 7.86. The molecule has 1 saturated heterocycles. The van der Waals surface area contributed by atoms with Gasteiger partial charge in [-0.3, -0.25) is 9.48 Å². The predicted octanol–water partition coefficient (Wildman–Crippen LogP) is 2.95. The van der Waals surface area contributed by atoms with Gasteiger partial charge in [-0.05, 0) is 32.6 Å². The monoisotopic (exact) mass is 298 g/mol. The lowest BCUT2D eigenvalue weighted by Gasteiger charge is -2.22. The van der Waals surface area contributed by atoms with Crippen molar-refractivity contribution in [3.05, 3.63) is 51.8 Å². The highest BCUT2D eigenvalue weighted by Crippen LogP contribution is 2.18. The summed E-state index contributed by atoms with van der Waals surface area (Å²) in [6.07, 6.45) is 3.99. The Labute approximate surface area is 130 Å². The average Bonchev–Trinajstić information content (AvgIpc) is 2.53. The lowest BCUT2D eigenvalue weighted by Crippen LogP contribution is -2.24. The molecule has 0 radical (unpaired) electrons. The van der Waals surface area contributed by atoms with Crippen LogP contribution in [0, 0.1) is 19.8 Å². The zero-order valence-electron chi connectivity index (χ0n) is 13.2. The normalized spacial score (nSPS) is 15.9. The molecule has 1 aromatic heterocycles. The van der Waals surface area contributed by atoms with E-state index >= 15 is 0 Å². The molecule has 0 saturated carbocycles. The molecular weight excluding hydrogens is 276 g/mol. The van der Waals surface area contributed by atoms with E-state index < -0.39 is 0 Å². The van der Waals surface area contributed by atoms with E-state index in [0.717, 1.165) is 43.7 Å². The van der Waals surface area contributed by atoms with E-state index in [1.165, 1.54) is 5.56 Å². The van der Waals surface area contributed by atoms with Gasteiger partial charge in [0.05, 0.1) is 0 Å². The Bertz CT molecular complexity index is 698. The Balaban J connectivity index is 1.92. The molecule has 0 amide bonds. The van der Waals surface area contributed by atoms with Gasteiger partial charge >= 0.3 is 0 Å². The van der Waals surface area contributed by atoms with Gasteiger partial charge in [-0.1, -0.05) is 29.8 Å². The van der Waals surface area contributed by atoms with Crippen LogP contribution < -0.4 is 5.43 Å². The number of rotatable bonds is 3. The van der Waals surface area contributed by atoms with Crippen LogP contribution >= 0.6 is 0 Å². The molecule has 4 nitrogen and oxygen atoms in total. The Hall–Kier alpha value is -1.94. The van der Waals surface area contributed by atoms with Crippen LogP contribution in [0.2, 0.25) is 0 Å². The number of benzene rings is 1. The minimum absolute atomic E-state index is 0.0204. The second-order valence-electron chi connectivity index (χ2n) is 6.13. The van der Waals surface area contributed by atoms with Crippen LogP contribution in [0.5, 0.6) is 0 Å². The van der Waals surface area contributed by atoms with E-state index in [1.807, 2.05) is 49.0 Å². The molecule has 4 heteroatoms. The van der Waals surface area contributed by atoms with Crippen LogP contribution in [-0.4, -0.2) is 23.0 Å². The molecule has 0 N–H and O–H groups in total. The lowest BCUT2D eigenvalue weighted by atomic mass is 10.0. The summed E-state index contributed by atoms with van der Waals surface area (Å²) in [5.74, 6) is 0.578. The van der Waals surface area contributed by atoms with Crippen LogP contribution in [0.3, 0.4) is 0 Å². The number of ether oxygens (including phenoxy) is 1. The third-order valence-electron chi connectivity index (χ3n) is 4.26. The van der Waals surface area contributed by atoms with Crippen molar-refractivity contribution < 1.29 is 4.74 Å². The van der Waals surface area contributed by atoms with E-state index in [2.05, 4.69) is 5.10 Å². The molecule has 1 fully saturated rings. The summed E-state index contributed by atoms with van der Waals surface area (Å²) < 4.78 is 7.34.